The molecule has 2 amide bonds. The first-order valence-corrected chi connectivity index (χ1v) is 11.7. The van der Waals surface area contributed by atoms with Gasteiger partial charge in [0, 0.05) is 20.7 Å². The van der Waals surface area contributed by atoms with Gasteiger partial charge in [0.2, 0.25) is 5.91 Å². The highest BCUT2D eigenvalue weighted by Gasteiger charge is 2.27. The molecule has 0 bridgehead atoms. The van der Waals surface area contributed by atoms with Gasteiger partial charge in [-0.15, -0.1) is 22.7 Å². The summed E-state index contributed by atoms with van der Waals surface area (Å²) in [5, 5.41) is 5.90. The van der Waals surface area contributed by atoms with E-state index in [1.807, 2.05) is 0 Å². The molecule has 4 rings (SSSR count). The quantitative estimate of drug-likeness (QED) is 0.261. The van der Waals surface area contributed by atoms with Crippen LogP contribution in [0, 0.1) is 6.92 Å². The highest BCUT2D eigenvalue weighted by atomic mass is 32.1. The maximum Gasteiger partial charge on any atom is 0.282 e. The molecule has 3 N–H and O–H groups in total. The Kier molecular flexibility index (Phi) is 7.04. The molecule has 0 aliphatic heterocycles. The second-order valence-electron chi connectivity index (χ2n) is 7.46. The molecule has 7 nitrogen and oxygen atoms in total. The van der Waals surface area contributed by atoms with Crippen molar-refractivity contribution in [3.8, 4) is 10.4 Å². The van der Waals surface area contributed by atoms with Gasteiger partial charge < -0.3 is 11.1 Å². The molecule has 0 aliphatic carbocycles. The Morgan fingerprint density at radius 1 is 1.03 bits per heavy atom. The number of hydrogen-bond donors (Lipinski definition) is 2. The van der Waals surface area contributed by atoms with Crippen LogP contribution in [0.5, 0.6) is 0 Å². The number of primary amides is 1. The number of nitrogens with two attached hydrogens (primary N) is 1. The summed E-state index contributed by atoms with van der Waals surface area (Å²) >= 11 is 1.94. The summed E-state index contributed by atoms with van der Waals surface area (Å²) in [6.07, 6.45) is -9.25. The molecular weight excluding hydrogens is 532 g/mol. The topological polar surface area (TPSA) is 103 Å². The lowest BCUT2D eigenvalue weighted by molar-refractivity contribution is -0.117. The number of amides is 2. The van der Waals surface area contributed by atoms with Crippen molar-refractivity contribution >= 4 is 50.4 Å². The van der Waals surface area contributed by atoms with Gasteiger partial charge in [-0.25, -0.2) is 31.3 Å². The van der Waals surface area contributed by atoms with Crippen LogP contribution in [0.1, 0.15) is 50.9 Å². The van der Waals surface area contributed by atoms with Crippen LogP contribution in [0.4, 0.5) is 32.0 Å². The predicted octanol–water partition coefficient (Wildman–Crippen LogP) is 6.08. The summed E-state index contributed by atoms with van der Waals surface area (Å²) in [6, 6.07) is 5.03. The van der Waals surface area contributed by atoms with Crippen LogP contribution in [0.15, 0.2) is 24.3 Å². The Bertz CT molecular complexity index is 1460. The number of rotatable bonds is 8. The van der Waals surface area contributed by atoms with E-state index in [1.165, 1.54) is 11.3 Å². The molecule has 0 spiro atoms. The minimum atomic E-state index is -3.19. The fourth-order valence-corrected chi connectivity index (χ4v) is 5.38. The number of carbonyl (C=O) groups is 2. The van der Waals surface area contributed by atoms with Crippen LogP contribution in [0.2, 0.25) is 0 Å². The lowest BCUT2D eigenvalue weighted by Crippen LogP contribution is -2.22. The second kappa shape index (κ2) is 9.89. The lowest BCUT2D eigenvalue weighted by Gasteiger charge is -2.11. The molecule has 0 saturated carbocycles. The van der Waals surface area contributed by atoms with Crippen molar-refractivity contribution in [1.82, 2.24) is 14.8 Å². The summed E-state index contributed by atoms with van der Waals surface area (Å²) in [6.45, 7) is 0.905. The van der Waals surface area contributed by atoms with Gasteiger partial charge in [-0.05, 0) is 31.2 Å². The van der Waals surface area contributed by atoms with Crippen LogP contribution < -0.4 is 11.1 Å². The fraction of sp³-hybridized carbons (Fsp3) is 0.238. The van der Waals surface area contributed by atoms with Crippen LogP contribution >= 0.6 is 22.7 Å². The number of anilines is 1. The van der Waals surface area contributed by atoms with E-state index in [0.717, 1.165) is 10.9 Å². The zero-order valence-electron chi connectivity index (χ0n) is 18.1. The third kappa shape index (κ3) is 4.93. The molecular formula is C21H15F6N5O2S2. The fourth-order valence-electron chi connectivity index (χ4n) is 3.47. The van der Waals surface area contributed by atoms with Gasteiger partial charge in [0.15, 0.2) is 0 Å². The van der Waals surface area contributed by atoms with Crippen molar-refractivity contribution in [1.29, 1.82) is 0 Å². The monoisotopic (exact) mass is 547 g/mol. The molecule has 0 aromatic carbocycles. The van der Waals surface area contributed by atoms with Crippen LogP contribution in [0.3, 0.4) is 0 Å². The highest BCUT2D eigenvalue weighted by Crippen LogP contribution is 2.44. The van der Waals surface area contributed by atoms with Gasteiger partial charge in [-0.2, -0.15) is 5.10 Å². The summed E-state index contributed by atoms with van der Waals surface area (Å²) in [7, 11) is 0. The van der Waals surface area contributed by atoms with Crippen molar-refractivity contribution in [3.63, 3.8) is 0 Å². The highest BCUT2D eigenvalue weighted by molar-refractivity contribution is 7.21. The number of pyridine rings is 1. The lowest BCUT2D eigenvalue weighted by atomic mass is 10.1. The van der Waals surface area contributed by atoms with Gasteiger partial charge in [0.1, 0.15) is 33.3 Å². The van der Waals surface area contributed by atoms with E-state index in [1.54, 1.807) is 19.1 Å². The molecule has 0 radical (unpaired) electrons. The Labute approximate surface area is 206 Å². The summed E-state index contributed by atoms with van der Waals surface area (Å²) in [4.78, 5) is 30.0. The average molecular weight is 548 g/mol. The van der Waals surface area contributed by atoms with Crippen LogP contribution in [-0.2, 0) is 11.3 Å². The minimum Gasteiger partial charge on any atom is -0.365 e. The molecule has 4 aromatic rings. The molecule has 0 saturated heterocycles. The van der Waals surface area contributed by atoms with E-state index in [9.17, 15) is 35.9 Å². The molecule has 190 valence electrons. The molecule has 4 aromatic heterocycles. The largest absolute Gasteiger partial charge is 0.365 e. The van der Waals surface area contributed by atoms with E-state index in [-0.39, 0.29) is 26.3 Å². The minimum absolute atomic E-state index is 0.00898. The first-order valence-electron chi connectivity index (χ1n) is 10.0. The number of halogens is 6. The second-order valence-corrected chi connectivity index (χ2v) is 9.74. The van der Waals surface area contributed by atoms with Gasteiger partial charge in [-0.1, -0.05) is 0 Å². The molecule has 0 aliphatic rings. The number of nitrogens with zero attached hydrogens (tertiary/aromatic N) is 3. The number of aryl methyl sites for hydroxylation is 1. The predicted molar refractivity (Wildman–Crippen MR) is 122 cm³/mol. The van der Waals surface area contributed by atoms with Crippen molar-refractivity contribution in [2.45, 2.75) is 32.7 Å². The van der Waals surface area contributed by atoms with Crippen LogP contribution in [-0.4, -0.2) is 26.6 Å². The molecule has 36 heavy (non-hydrogen) atoms. The van der Waals surface area contributed by atoms with Crippen molar-refractivity contribution < 1.29 is 35.9 Å². The Morgan fingerprint density at radius 2 is 1.72 bits per heavy atom. The number of hydrogen-bond acceptors (Lipinski definition) is 6. The smallest absolute Gasteiger partial charge is 0.282 e. The number of alkyl halides is 6. The Hall–Kier alpha value is -3.46. The third-order valence-corrected chi connectivity index (χ3v) is 7.10. The number of carbonyl (C=O) groups excluding carboxylic acids is 2. The zero-order valence-corrected chi connectivity index (χ0v) is 19.7. The number of nitrogens with one attached hydrogen (secondary N) is 1. The third-order valence-electron chi connectivity index (χ3n) is 4.97. The maximum absolute atomic E-state index is 13.5. The molecule has 0 fully saturated rings. The van der Waals surface area contributed by atoms with E-state index < -0.39 is 54.7 Å². The van der Waals surface area contributed by atoms with Crippen LogP contribution in [0.25, 0.3) is 20.7 Å². The molecule has 0 unspecified atom stereocenters. The van der Waals surface area contributed by atoms with Crippen molar-refractivity contribution in [2.75, 3.05) is 5.32 Å². The first kappa shape index (κ1) is 25.6. The van der Waals surface area contributed by atoms with E-state index >= 15 is 0 Å². The number of fused-ring (bicyclic) bond motifs is 1. The molecule has 0 atom stereocenters. The van der Waals surface area contributed by atoms with E-state index in [0.29, 0.717) is 27.0 Å². The summed E-state index contributed by atoms with van der Waals surface area (Å²) in [5.41, 5.74) is 3.15. The standard InChI is InChI=1S/C21H15F6N5O2S2/c1-7-2-3-12(35-7)8-4-9(17(22)23)29-21-14(8)15(16(36-21)20(28)34)30-13(33)6-32-11(19(26)27)5-10(31-32)18(24)25/h2-5,17-19H,6H2,1H3,(H2,28,34)(H,30,33). The molecule has 4 heterocycles. The SMILES string of the molecule is Cc1ccc(-c2cc(C(F)F)nc3sc(C(N)=O)c(NC(=O)Cn4nc(C(F)F)cc4C(F)F)c23)s1. The summed E-state index contributed by atoms with van der Waals surface area (Å²) < 4.78 is 80.0. The van der Waals surface area contributed by atoms with Gasteiger partial charge >= 0.3 is 0 Å². The average Bonchev–Trinajstić information content (AvgIpc) is 3.50. The summed E-state index contributed by atoms with van der Waals surface area (Å²) in [5.74, 6) is -1.98. The first-order chi connectivity index (χ1) is 17.0. The number of aromatic nitrogens is 3. The normalized spacial score (nSPS) is 11.8. The van der Waals surface area contributed by atoms with E-state index in [2.05, 4.69) is 15.4 Å². The van der Waals surface area contributed by atoms with E-state index in [4.69, 9.17) is 5.73 Å². The molecule has 15 heteroatoms. The van der Waals surface area contributed by atoms with Crippen molar-refractivity contribution in [2.24, 2.45) is 5.73 Å². The Balaban J connectivity index is 1.82. The van der Waals surface area contributed by atoms with Gasteiger partial charge in [-0.3, -0.25) is 14.3 Å². The Morgan fingerprint density at radius 3 is 2.28 bits per heavy atom. The maximum atomic E-state index is 13.5. The van der Waals surface area contributed by atoms with Crippen molar-refractivity contribution in [3.05, 3.63) is 51.1 Å². The number of thiophene rings is 2. The van der Waals surface area contributed by atoms with Gasteiger partial charge in [0.05, 0.1) is 5.69 Å². The zero-order chi connectivity index (χ0) is 26.3. The van der Waals surface area contributed by atoms with Gasteiger partial charge in [0.25, 0.3) is 25.2 Å².